The summed E-state index contributed by atoms with van der Waals surface area (Å²) in [5, 5.41) is 6.40. The Balaban J connectivity index is 2.54. The van der Waals surface area contributed by atoms with Gasteiger partial charge in [-0.2, -0.15) is 23.3 Å². The fourth-order valence-corrected chi connectivity index (χ4v) is 1.62. The molecular formula is C9H7F3IN5. The van der Waals surface area contributed by atoms with Crippen LogP contribution in [0.15, 0.2) is 18.5 Å². The molecule has 0 aliphatic carbocycles. The van der Waals surface area contributed by atoms with Crippen molar-refractivity contribution in [1.29, 1.82) is 0 Å². The molecule has 0 fully saturated rings. The highest BCUT2D eigenvalue weighted by Gasteiger charge is 2.33. The molecule has 0 aliphatic rings. The third kappa shape index (κ3) is 2.71. The summed E-state index contributed by atoms with van der Waals surface area (Å²) >= 11 is 2.01. The maximum Gasteiger partial charge on any atom is 0.433 e. The molecule has 2 heterocycles. The standard InChI is InChI=1S/C9H7F3IN5/c1-14-8-16-6(9(10,11)12)2-7(17-8)18-4-5(13)3-15-18/h2-4H,1H3,(H,14,16,17). The van der Waals surface area contributed by atoms with Gasteiger partial charge in [0.05, 0.1) is 9.77 Å². The molecule has 0 spiro atoms. The molecule has 96 valence electrons. The lowest BCUT2D eigenvalue weighted by molar-refractivity contribution is -0.141. The van der Waals surface area contributed by atoms with E-state index in [0.717, 1.165) is 9.64 Å². The first-order chi connectivity index (χ1) is 8.40. The topological polar surface area (TPSA) is 55.6 Å². The van der Waals surface area contributed by atoms with Gasteiger partial charge in [-0.1, -0.05) is 0 Å². The van der Waals surface area contributed by atoms with Gasteiger partial charge in [0.15, 0.2) is 11.5 Å². The molecule has 9 heteroatoms. The predicted molar refractivity (Wildman–Crippen MR) is 66.4 cm³/mol. The van der Waals surface area contributed by atoms with Gasteiger partial charge in [0.1, 0.15) is 0 Å². The van der Waals surface area contributed by atoms with Crippen LogP contribution in [0.3, 0.4) is 0 Å². The molecule has 0 unspecified atom stereocenters. The molecular weight excluding hydrogens is 362 g/mol. The van der Waals surface area contributed by atoms with Crippen molar-refractivity contribution in [2.24, 2.45) is 0 Å². The molecule has 5 nitrogen and oxygen atoms in total. The summed E-state index contributed by atoms with van der Waals surface area (Å²) in [5.41, 5.74) is -1.01. The average Bonchev–Trinajstić information content (AvgIpc) is 2.74. The zero-order chi connectivity index (χ0) is 13.3. The number of hydrogen-bond donors (Lipinski definition) is 1. The molecule has 0 bridgehead atoms. The normalized spacial score (nSPS) is 11.6. The van der Waals surface area contributed by atoms with Gasteiger partial charge < -0.3 is 5.32 Å². The van der Waals surface area contributed by atoms with Crippen molar-refractivity contribution in [2.75, 3.05) is 12.4 Å². The summed E-state index contributed by atoms with van der Waals surface area (Å²) in [5.74, 6) is -0.0464. The van der Waals surface area contributed by atoms with E-state index in [-0.39, 0.29) is 11.8 Å². The van der Waals surface area contributed by atoms with Crippen molar-refractivity contribution in [3.05, 3.63) is 27.7 Å². The van der Waals surface area contributed by atoms with Crippen LogP contribution in [-0.4, -0.2) is 26.8 Å². The third-order valence-electron chi connectivity index (χ3n) is 2.01. The number of rotatable bonds is 2. The highest BCUT2D eigenvalue weighted by molar-refractivity contribution is 14.1. The largest absolute Gasteiger partial charge is 0.433 e. The van der Waals surface area contributed by atoms with Gasteiger partial charge >= 0.3 is 6.18 Å². The molecule has 0 atom stereocenters. The Morgan fingerprint density at radius 1 is 1.33 bits per heavy atom. The molecule has 0 amide bonds. The molecule has 0 saturated heterocycles. The van der Waals surface area contributed by atoms with Gasteiger partial charge in [0.2, 0.25) is 5.95 Å². The summed E-state index contributed by atoms with van der Waals surface area (Å²) in [4.78, 5) is 7.29. The molecule has 0 aliphatic heterocycles. The van der Waals surface area contributed by atoms with E-state index in [1.165, 1.54) is 17.9 Å². The van der Waals surface area contributed by atoms with Crippen LogP contribution in [0.2, 0.25) is 0 Å². The van der Waals surface area contributed by atoms with Crippen LogP contribution in [0.25, 0.3) is 5.82 Å². The monoisotopic (exact) mass is 369 g/mol. The summed E-state index contributed by atoms with van der Waals surface area (Å²) in [6.07, 6.45) is -1.43. The van der Waals surface area contributed by atoms with Gasteiger partial charge in [0, 0.05) is 19.3 Å². The molecule has 0 saturated carbocycles. The van der Waals surface area contributed by atoms with Gasteiger partial charge in [-0.05, 0) is 22.6 Å². The summed E-state index contributed by atoms with van der Waals surface area (Å²) in [6, 6.07) is 0.851. The van der Waals surface area contributed by atoms with Crippen LogP contribution < -0.4 is 5.32 Å². The van der Waals surface area contributed by atoms with Crippen molar-refractivity contribution in [2.45, 2.75) is 6.18 Å². The molecule has 2 aromatic rings. The van der Waals surface area contributed by atoms with Crippen LogP contribution in [0.5, 0.6) is 0 Å². The van der Waals surface area contributed by atoms with Gasteiger partial charge in [0.25, 0.3) is 0 Å². The molecule has 1 N–H and O–H groups in total. The Morgan fingerprint density at radius 3 is 2.56 bits per heavy atom. The van der Waals surface area contributed by atoms with E-state index in [2.05, 4.69) is 20.4 Å². The lowest BCUT2D eigenvalue weighted by atomic mass is 10.4. The lowest BCUT2D eigenvalue weighted by Crippen LogP contribution is -2.13. The Labute approximate surface area is 114 Å². The highest BCUT2D eigenvalue weighted by atomic mass is 127. The number of nitrogens with one attached hydrogen (secondary N) is 1. The number of alkyl halides is 3. The minimum Gasteiger partial charge on any atom is -0.357 e. The van der Waals surface area contributed by atoms with Crippen LogP contribution in [0.4, 0.5) is 19.1 Å². The number of halogens is 4. The van der Waals surface area contributed by atoms with E-state index in [1.54, 1.807) is 6.20 Å². The van der Waals surface area contributed by atoms with E-state index < -0.39 is 11.9 Å². The lowest BCUT2D eigenvalue weighted by Gasteiger charge is -2.09. The third-order valence-corrected chi connectivity index (χ3v) is 2.57. The first-order valence-electron chi connectivity index (χ1n) is 4.75. The fourth-order valence-electron chi connectivity index (χ4n) is 1.23. The van der Waals surface area contributed by atoms with Crippen molar-refractivity contribution < 1.29 is 13.2 Å². The fraction of sp³-hybridized carbons (Fsp3) is 0.222. The number of anilines is 1. The summed E-state index contributed by atoms with van der Waals surface area (Å²) < 4.78 is 40.0. The summed E-state index contributed by atoms with van der Waals surface area (Å²) in [7, 11) is 1.45. The van der Waals surface area contributed by atoms with E-state index in [0.29, 0.717) is 0 Å². The van der Waals surface area contributed by atoms with E-state index in [4.69, 9.17) is 0 Å². The Hall–Kier alpha value is -1.39. The summed E-state index contributed by atoms with van der Waals surface area (Å²) in [6.45, 7) is 0. The smallest absolute Gasteiger partial charge is 0.357 e. The maximum absolute atomic E-state index is 12.7. The van der Waals surface area contributed by atoms with Crippen molar-refractivity contribution >= 4 is 28.5 Å². The molecule has 0 radical (unpaired) electrons. The number of aromatic nitrogens is 4. The zero-order valence-electron chi connectivity index (χ0n) is 9.03. The minimum absolute atomic E-state index is 0.0598. The number of nitrogens with zero attached hydrogens (tertiary/aromatic N) is 4. The van der Waals surface area contributed by atoms with Crippen molar-refractivity contribution in [1.82, 2.24) is 19.7 Å². The van der Waals surface area contributed by atoms with Crippen LogP contribution in [-0.2, 0) is 6.18 Å². The van der Waals surface area contributed by atoms with Crippen molar-refractivity contribution in [3.8, 4) is 5.82 Å². The van der Waals surface area contributed by atoms with Crippen LogP contribution >= 0.6 is 22.6 Å². The molecule has 2 rings (SSSR count). The average molecular weight is 369 g/mol. The SMILES string of the molecule is CNc1nc(-n2cc(I)cn2)cc(C(F)(F)F)n1. The second-order valence-electron chi connectivity index (χ2n) is 3.29. The predicted octanol–water partition coefficient (Wildman–Crippen LogP) is 2.33. The molecule has 0 aromatic carbocycles. The van der Waals surface area contributed by atoms with Gasteiger partial charge in [-0.3, -0.25) is 0 Å². The second kappa shape index (κ2) is 4.71. The van der Waals surface area contributed by atoms with E-state index in [9.17, 15) is 13.2 Å². The van der Waals surface area contributed by atoms with Crippen molar-refractivity contribution in [3.63, 3.8) is 0 Å². The van der Waals surface area contributed by atoms with E-state index in [1.807, 2.05) is 22.6 Å². The van der Waals surface area contributed by atoms with Crippen LogP contribution in [0.1, 0.15) is 5.69 Å². The first kappa shape index (κ1) is 13.1. The second-order valence-corrected chi connectivity index (χ2v) is 4.53. The van der Waals surface area contributed by atoms with E-state index >= 15 is 0 Å². The maximum atomic E-state index is 12.7. The Morgan fingerprint density at radius 2 is 2.06 bits per heavy atom. The zero-order valence-corrected chi connectivity index (χ0v) is 11.2. The first-order valence-corrected chi connectivity index (χ1v) is 5.82. The number of hydrogen-bond acceptors (Lipinski definition) is 4. The van der Waals surface area contributed by atoms with Crippen LogP contribution in [0, 0.1) is 3.57 Å². The Kier molecular flexibility index (Phi) is 3.41. The highest BCUT2D eigenvalue weighted by Crippen LogP contribution is 2.29. The van der Waals surface area contributed by atoms with Gasteiger partial charge in [-0.25, -0.2) is 9.67 Å². The Bertz CT molecular complexity index is 566. The minimum atomic E-state index is -4.52. The molecule has 18 heavy (non-hydrogen) atoms. The molecule has 2 aromatic heterocycles. The quantitative estimate of drug-likeness (QED) is 0.826. The van der Waals surface area contributed by atoms with Gasteiger partial charge in [-0.15, -0.1) is 0 Å².